The molecule has 5 aliphatic carbocycles. The highest BCUT2D eigenvalue weighted by atomic mass is 16.3. The van der Waals surface area contributed by atoms with Gasteiger partial charge in [0.1, 0.15) is 0 Å². The van der Waals surface area contributed by atoms with Crippen molar-refractivity contribution in [1.29, 1.82) is 0 Å². The summed E-state index contributed by atoms with van der Waals surface area (Å²) in [5.41, 5.74) is -0.1000. The summed E-state index contributed by atoms with van der Waals surface area (Å²) in [7, 11) is 0. The van der Waals surface area contributed by atoms with E-state index < -0.39 is 6.10 Å². The van der Waals surface area contributed by atoms with Crippen molar-refractivity contribution in [2.24, 2.45) is 62.1 Å². The van der Waals surface area contributed by atoms with Crippen molar-refractivity contribution >= 4 is 0 Å². The van der Waals surface area contributed by atoms with E-state index in [4.69, 9.17) is 0 Å². The Hall–Kier alpha value is -0.380. The third kappa shape index (κ3) is 3.07. The quantitative estimate of drug-likeness (QED) is 0.338. The summed E-state index contributed by atoms with van der Waals surface area (Å²) < 4.78 is 0. The van der Waals surface area contributed by atoms with Gasteiger partial charge in [-0.1, -0.05) is 74.5 Å². The van der Waals surface area contributed by atoms with E-state index in [9.17, 15) is 15.3 Å². The normalized spacial score (nSPS) is 58.9. The molecule has 3 heteroatoms. The summed E-state index contributed by atoms with van der Waals surface area (Å²) in [5, 5.41) is 34.2. The Morgan fingerprint density at radius 3 is 2.06 bits per heavy atom. The largest absolute Gasteiger partial charge is 0.393 e. The molecular formula is C32H54O3. The van der Waals surface area contributed by atoms with Crippen molar-refractivity contribution in [2.45, 2.75) is 126 Å². The van der Waals surface area contributed by atoms with Crippen molar-refractivity contribution in [2.75, 3.05) is 0 Å². The molecule has 200 valence electrons. The van der Waals surface area contributed by atoms with Crippen LogP contribution in [0.15, 0.2) is 12.2 Å². The van der Waals surface area contributed by atoms with E-state index in [1.165, 1.54) is 12.8 Å². The molecule has 0 spiro atoms. The van der Waals surface area contributed by atoms with Crippen LogP contribution in [0.1, 0.15) is 107 Å². The lowest BCUT2D eigenvalue weighted by Gasteiger charge is -2.71. The zero-order valence-electron chi connectivity index (χ0n) is 24.1. The Morgan fingerprint density at radius 2 is 1.40 bits per heavy atom. The molecule has 4 saturated carbocycles. The zero-order chi connectivity index (χ0) is 26.0. The first kappa shape index (κ1) is 26.2. The molecule has 0 saturated heterocycles. The van der Waals surface area contributed by atoms with E-state index in [1.54, 1.807) is 0 Å². The molecule has 0 heterocycles. The summed E-state index contributed by atoms with van der Waals surface area (Å²) in [6.07, 6.45) is 11.4. The third-order valence-electron chi connectivity index (χ3n) is 14.4. The predicted molar refractivity (Wildman–Crippen MR) is 143 cm³/mol. The molecule has 5 aliphatic rings. The van der Waals surface area contributed by atoms with Gasteiger partial charge in [0.2, 0.25) is 0 Å². The van der Waals surface area contributed by atoms with Crippen molar-refractivity contribution in [3.63, 3.8) is 0 Å². The summed E-state index contributed by atoms with van der Waals surface area (Å²) in [6.45, 7) is 21.2. The molecule has 0 aromatic rings. The fourth-order valence-corrected chi connectivity index (χ4v) is 11.6. The van der Waals surface area contributed by atoms with Gasteiger partial charge in [-0.05, 0) is 102 Å². The average molecular weight is 487 g/mol. The van der Waals surface area contributed by atoms with Crippen molar-refractivity contribution in [1.82, 2.24) is 0 Å². The summed E-state index contributed by atoms with van der Waals surface area (Å²) in [4.78, 5) is 0. The van der Waals surface area contributed by atoms with Crippen LogP contribution in [-0.4, -0.2) is 33.6 Å². The van der Waals surface area contributed by atoms with Gasteiger partial charge in [-0.2, -0.15) is 0 Å². The van der Waals surface area contributed by atoms with Gasteiger partial charge < -0.3 is 15.3 Å². The number of allylic oxidation sites excluding steroid dienone is 2. The van der Waals surface area contributed by atoms with E-state index in [0.29, 0.717) is 23.7 Å². The highest BCUT2D eigenvalue weighted by Crippen LogP contribution is 2.75. The molecule has 0 amide bonds. The van der Waals surface area contributed by atoms with Crippen LogP contribution in [0.4, 0.5) is 0 Å². The first-order valence-electron chi connectivity index (χ1n) is 14.7. The fourth-order valence-electron chi connectivity index (χ4n) is 11.6. The van der Waals surface area contributed by atoms with Crippen molar-refractivity contribution in [3.8, 4) is 0 Å². The van der Waals surface area contributed by atoms with Crippen LogP contribution in [0.3, 0.4) is 0 Å². The Bertz CT molecular complexity index is 891. The number of aliphatic hydroxyl groups excluding tert-OH is 3. The SMILES string of the molecule is C[C@H]1[C@H](O)C(C)(C)CC2C3C=CCC4[C@@]5(C)CC[C@H](O)C(C)(C)C5CC[C@@]4(C)[C@]3(C)C[C@@H](O)[C@]21C. The molecule has 3 nitrogen and oxygen atoms in total. The maximum absolute atomic E-state index is 12.0. The van der Waals surface area contributed by atoms with Crippen molar-refractivity contribution < 1.29 is 15.3 Å². The molecule has 0 aromatic heterocycles. The molecule has 35 heavy (non-hydrogen) atoms. The first-order valence-corrected chi connectivity index (χ1v) is 14.7. The molecule has 4 fully saturated rings. The molecule has 0 radical (unpaired) electrons. The van der Waals surface area contributed by atoms with Crippen LogP contribution in [0.5, 0.6) is 0 Å². The third-order valence-corrected chi connectivity index (χ3v) is 14.4. The maximum atomic E-state index is 12.0. The van der Waals surface area contributed by atoms with Crippen LogP contribution < -0.4 is 0 Å². The highest BCUT2D eigenvalue weighted by molar-refractivity contribution is 5.24. The minimum atomic E-state index is -0.395. The van der Waals surface area contributed by atoms with Gasteiger partial charge >= 0.3 is 0 Å². The number of hydrogen-bond donors (Lipinski definition) is 3. The van der Waals surface area contributed by atoms with Crippen LogP contribution >= 0.6 is 0 Å². The first-order chi connectivity index (χ1) is 16.0. The van der Waals surface area contributed by atoms with Gasteiger partial charge in [-0.25, -0.2) is 0 Å². The van der Waals surface area contributed by atoms with Gasteiger partial charge in [-0.3, -0.25) is 0 Å². The molecule has 0 aliphatic heterocycles. The number of hydrogen-bond acceptors (Lipinski definition) is 3. The fraction of sp³-hybridized carbons (Fsp3) is 0.938. The lowest BCUT2D eigenvalue weighted by atomic mass is 9.34. The van der Waals surface area contributed by atoms with E-state index >= 15 is 0 Å². The second kappa shape index (κ2) is 7.60. The molecule has 4 unspecified atom stereocenters. The van der Waals surface area contributed by atoms with Crippen LogP contribution in [0.2, 0.25) is 0 Å². The second-order valence-corrected chi connectivity index (χ2v) is 16.2. The minimum absolute atomic E-state index is 0.0144. The van der Waals surface area contributed by atoms with Gasteiger partial charge in [0, 0.05) is 5.41 Å². The molecule has 0 aromatic carbocycles. The summed E-state index contributed by atoms with van der Waals surface area (Å²) in [6, 6.07) is 0. The van der Waals surface area contributed by atoms with Gasteiger partial charge in [0.05, 0.1) is 18.3 Å². The topological polar surface area (TPSA) is 60.7 Å². The average Bonchev–Trinajstić information content (AvgIpc) is 2.87. The van der Waals surface area contributed by atoms with Gasteiger partial charge in [-0.15, -0.1) is 0 Å². The Kier molecular flexibility index (Phi) is 5.70. The molecule has 12 atom stereocenters. The van der Waals surface area contributed by atoms with Gasteiger partial charge in [0.15, 0.2) is 0 Å². The molecular weight excluding hydrogens is 432 g/mol. The lowest BCUT2D eigenvalue weighted by Crippen LogP contribution is -2.68. The molecule has 3 N–H and O–H groups in total. The highest BCUT2D eigenvalue weighted by Gasteiger charge is 2.70. The van der Waals surface area contributed by atoms with E-state index in [0.717, 1.165) is 32.1 Å². The van der Waals surface area contributed by atoms with Gasteiger partial charge in [0.25, 0.3) is 0 Å². The Labute approximate surface area is 215 Å². The Morgan fingerprint density at radius 1 is 0.743 bits per heavy atom. The number of rotatable bonds is 0. The summed E-state index contributed by atoms with van der Waals surface area (Å²) >= 11 is 0. The molecule has 5 rings (SSSR count). The number of fused-ring (bicyclic) bond motifs is 7. The maximum Gasteiger partial charge on any atom is 0.0623 e. The van der Waals surface area contributed by atoms with E-state index in [1.807, 2.05) is 0 Å². The summed E-state index contributed by atoms with van der Waals surface area (Å²) in [5.74, 6) is 1.95. The second-order valence-electron chi connectivity index (χ2n) is 16.2. The number of aliphatic hydroxyl groups is 3. The standard InChI is InChI=1S/C32H54O3/c1-19-26(35)27(2,3)17-21-20-11-10-12-23-29(6)15-14-24(33)28(4,5)22(29)13-16-30(23,7)31(20,8)18-25(34)32(19,21)9/h10-11,19-26,33-35H,12-18H2,1-9H3/t19-,20?,21?,22?,23?,24-,25+,26-,29-,30+,31+,32-/m0/s1. The van der Waals surface area contributed by atoms with Crippen LogP contribution in [0, 0.1) is 62.1 Å². The lowest BCUT2D eigenvalue weighted by molar-refractivity contribution is -0.259. The van der Waals surface area contributed by atoms with Crippen LogP contribution in [-0.2, 0) is 0 Å². The van der Waals surface area contributed by atoms with Crippen molar-refractivity contribution in [3.05, 3.63) is 12.2 Å². The van der Waals surface area contributed by atoms with E-state index in [2.05, 4.69) is 74.5 Å². The van der Waals surface area contributed by atoms with E-state index in [-0.39, 0.29) is 50.6 Å². The zero-order valence-corrected chi connectivity index (χ0v) is 24.1. The smallest absolute Gasteiger partial charge is 0.0623 e. The Balaban J connectivity index is 1.61. The molecule has 0 bridgehead atoms. The minimum Gasteiger partial charge on any atom is -0.393 e. The van der Waals surface area contributed by atoms with Crippen LogP contribution in [0.25, 0.3) is 0 Å². The monoisotopic (exact) mass is 486 g/mol. The predicted octanol–water partition coefficient (Wildman–Crippen LogP) is 6.60.